The Morgan fingerprint density at radius 1 is 1.24 bits per heavy atom. The zero-order chi connectivity index (χ0) is 12.3. The average Bonchev–Trinajstić information content (AvgIpc) is 2.93. The molecule has 0 spiro atoms. The summed E-state index contributed by atoms with van der Waals surface area (Å²) in [5.41, 5.74) is 5.77. The van der Waals surface area contributed by atoms with E-state index in [1.165, 1.54) is 32.1 Å². The van der Waals surface area contributed by atoms with Crippen molar-refractivity contribution in [3.05, 3.63) is 0 Å². The lowest BCUT2D eigenvalue weighted by molar-refractivity contribution is -0.163. The van der Waals surface area contributed by atoms with Gasteiger partial charge in [-0.1, -0.05) is 20.3 Å². The first-order valence-corrected chi connectivity index (χ1v) is 7.38. The summed E-state index contributed by atoms with van der Waals surface area (Å²) >= 11 is 0. The van der Waals surface area contributed by atoms with Gasteiger partial charge in [-0.15, -0.1) is 0 Å². The van der Waals surface area contributed by atoms with Gasteiger partial charge in [0.05, 0.1) is 5.60 Å². The van der Waals surface area contributed by atoms with E-state index in [0.29, 0.717) is 12.5 Å². The highest BCUT2D eigenvalue weighted by Gasteiger charge is 2.66. The van der Waals surface area contributed by atoms with Gasteiger partial charge in [-0.25, -0.2) is 0 Å². The molecule has 0 aromatic heterocycles. The zero-order valence-corrected chi connectivity index (χ0v) is 11.3. The predicted molar refractivity (Wildman–Crippen MR) is 69.5 cm³/mol. The molecule has 0 aliphatic heterocycles. The highest BCUT2D eigenvalue weighted by Crippen LogP contribution is 2.67. The number of rotatable bonds is 2. The third-order valence-corrected chi connectivity index (χ3v) is 6.62. The van der Waals surface area contributed by atoms with Gasteiger partial charge in [0.1, 0.15) is 0 Å². The lowest BCUT2D eigenvalue weighted by atomic mass is 9.55. The van der Waals surface area contributed by atoms with Gasteiger partial charge in [-0.05, 0) is 55.8 Å². The molecule has 2 bridgehead atoms. The van der Waals surface area contributed by atoms with E-state index in [0.717, 1.165) is 18.8 Å². The molecule has 3 fully saturated rings. The van der Waals surface area contributed by atoms with Crippen molar-refractivity contribution in [2.24, 2.45) is 28.4 Å². The molecule has 0 aromatic rings. The maximum absolute atomic E-state index is 11.4. The van der Waals surface area contributed by atoms with Crippen LogP contribution in [-0.4, -0.2) is 17.3 Å². The third-order valence-electron chi connectivity index (χ3n) is 6.62. The Balaban J connectivity index is 2.01. The van der Waals surface area contributed by atoms with Gasteiger partial charge < -0.3 is 10.8 Å². The summed E-state index contributed by atoms with van der Waals surface area (Å²) in [6.45, 7) is 5.20. The molecule has 3 rings (SSSR count). The van der Waals surface area contributed by atoms with Gasteiger partial charge in [0.15, 0.2) is 0 Å². The van der Waals surface area contributed by atoms with Crippen molar-refractivity contribution in [3.63, 3.8) is 0 Å². The predicted octanol–water partition coefficient (Wildman–Crippen LogP) is 2.69. The van der Waals surface area contributed by atoms with Gasteiger partial charge >= 0.3 is 0 Å². The highest BCUT2D eigenvalue weighted by molar-refractivity contribution is 5.17. The SMILES string of the molecule is CC1(C)CCCC1(O)C1(CN)CC2CCC1C2. The summed E-state index contributed by atoms with van der Waals surface area (Å²) in [4.78, 5) is 0. The van der Waals surface area contributed by atoms with E-state index in [-0.39, 0.29) is 10.8 Å². The minimum absolute atomic E-state index is 0.0376. The first-order valence-electron chi connectivity index (χ1n) is 7.38. The average molecular weight is 237 g/mol. The fraction of sp³-hybridized carbons (Fsp3) is 1.00. The summed E-state index contributed by atoms with van der Waals surface area (Å²) in [5.74, 6) is 1.55. The number of hydrogen-bond donors (Lipinski definition) is 2. The first kappa shape index (κ1) is 12.0. The van der Waals surface area contributed by atoms with Gasteiger partial charge in [0, 0.05) is 12.0 Å². The molecule has 0 saturated heterocycles. The monoisotopic (exact) mass is 237 g/mol. The van der Waals surface area contributed by atoms with Crippen LogP contribution in [0.2, 0.25) is 0 Å². The molecule has 3 saturated carbocycles. The molecule has 0 aromatic carbocycles. The Morgan fingerprint density at radius 3 is 2.41 bits per heavy atom. The largest absolute Gasteiger partial charge is 0.389 e. The normalized spacial score (nSPS) is 52.2. The van der Waals surface area contributed by atoms with E-state index < -0.39 is 5.60 Å². The van der Waals surface area contributed by atoms with Crippen LogP contribution in [0.5, 0.6) is 0 Å². The molecule has 0 heterocycles. The first-order chi connectivity index (χ1) is 7.95. The van der Waals surface area contributed by atoms with Crippen molar-refractivity contribution in [1.29, 1.82) is 0 Å². The Kier molecular flexibility index (Phi) is 2.45. The van der Waals surface area contributed by atoms with Crippen LogP contribution in [-0.2, 0) is 0 Å². The van der Waals surface area contributed by atoms with E-state index in [1.807, 2.05) is 0 Å². The second kappa shape index (κ2) is 3.48. The Bertz CT molecular complexity index is 327. The van der Waals surface area contributed by atoms with Crippen LogP contribution < -0.4 is 5.73 Å². The summed E-state index contributed by atoms with van der Waals surface area (Å²) < 4.78 is 0. The minimum atomic E-state index is -0.505. The number of hydrogen-bond acceptors (Lipinski definition) is 2. The van der Waals surface area contributed by atoms with Gasteiger partial charge in [-0.2, -0.15) is 0 Å². The quantitative estimate of drug-likeness (QED) is 0.775. The molecule has 3 N–H and O–H groups in total. The van der Waals surface area contributed by atoms with Gasteiger partial charge in [0.2, 0.25) is 0 Å². The maximum atomic E-state index is 11.4. The van der Waals surface area contributed by atoms with Crippen LogP contribution in [0.3, 0.4) is 0 Å². The van der Waals surface area contributed by atoms with Crippen molar-refractivity contribution in [3.8, 4) is 0 Å². The van der Waals surface area contributed by atoms with E-state index >= 15 is 0 Å². The van der Waals surface area contributed by atoms with E-state index in [1.54, 1.807) is 0 Å². The molecule has 17 heavy (non-hydrogen) atoms. The van der Waals surface area contributed by atoms with E-state index in [2.05, 4.69) is 13.8 Å². The standard InChI is InChI=1S/C15H27NO/c1-13(2)6-3-7-15(13,17)14(10-16)9-11-4-5-12(14)8-11/h11-12,17H,3-10,16H2,1-2H3. The van der Waals surface area contributed by atoms with E-state index in [4.69, 9.17) is 5.73 Å². The molecule has 0 radical (unpaired) electrons. The fourth-order valence-electron chi connectivity index (χ4n) is 5.62. The molecular formula is C15H27NO. The minimum Gasteiger partial charge on any atom is -0.389 e. The molecule has 3 aliphatic rings. The van der Waals surface area contributed by atoms with Gasteiger partial charge in [0.25, 0.3) is 0 Å². The Hall–Kier alpha value is -0.0800. The van der Waals surface area contributed by atoms with Crippen LogP contribution in [0.15, 0.2) is 0 Å². The summed E-state index contributed by atoms with van der Waals surface area (Å²) in [7, 11) is 0. The van der Waals surface area contributed by atoms with Crippen LogP contribution in [0.25, 0.3) is 0 Å². The van der Waals surface area contributed by atoms with Gasteiger partial charge in [-0.3, -0.25) is 0 Å². The van der Waals surface area contributed by atoms with Crippen LogP contribution in [0.1, 0.15) is 58.8 Å². The molecular weight excluding hydrogens is 210 g/mol. The van der Waals surface area contributed by atoms with E-state index in [9.17, 15) is 5.11 Å². The molecule has 98 valence electrons. The summed E-state index contributed by atoms with van der Waals surface area (Å²) in [6, 6.07) is 0. The van der Waals surface area contributed by atoms with Crippen LogP contribution in [0, 0.1) is 22.7 Å². The van der Waals surface area contributed by atoms with Crippen molar-refractivity contribution in [1.82, 2.24) is 0 Å². The van der Waals surface area contributed by atoms with Crippen molar-refractivity contribution in [2.45, 2.75) is 64.4 Å². The van der Waals surface area contributed by atoms with Crippen molar-refractivity contribution < 1.29 is 5.11 Å². The molecule has 4 unspecified atom stereocenters. The maximum Gasteiger partial charge on any atom is 0.0769 e. The zero-order valence-electron chi connectivity index (χ0n) is 11.3. The summed E-state index contributed by atoms with van der Waals surface area (Å²) in [5, 5.41) is 11.4. The van der Waals surface area contributed by atoms with Crippen LogP contribution in [0.4, 0.5) is 0 Å². The van der Waals surface area contributed by atoms with Crippen molar-refractivity contribution >= 4 is 0 Å². The molecule has 2 nitrogen and oxygen atoms in total. The molecule has 0 amide bonds. The van der Waals surface area contributed by atoms with Crippen molar-refractivity contribution in [2.75, 3.05) is 6.54 Å². The molecule has 2 heteroatoms. The smallest absolute Gasteiger partial charge is 0.0769 e. The fourth-order valence-corrected chi connectivity index (χ4v) is 5.62. The summed E-state index contributed by atoms with van der Waals surface area (Å²) in [6.07, 6.45) is 8.50. The number of fused-ring (bicyclic) bond motifs is 2. The highest BCUT2D eigenvalue weighted by atomic mass is 16.3. The molecule has 3 aliphatic carbocycles. The van der Waals surface area contributed by atoms with Crippen LogP contribution >= 0.6 is 0 Å². The number of nitrogens with two attached hydrogens (primary N) is 1. The number of aliphatic hydroxyl groups is 1. The third kappa shape index (κ3) is 1.29. The Morgan fingerprint density at radius 2 is 2.00 bits per heavy atom. The Labute approximate surface area is 105 Å². The molecule has 4 atom stereocenters. The second-order valence-electron chi connectivity index (χ2n) is 7.54. The topological polar surface area (TPSA) is 46.2 Å². The second-order valence-corrected chi connectivity index (χ2v) is 7.54. The lowest BCUT2D eigenvalue weighted by Crippen LogP contribution is -2.60. The lowest BCUT2D eigenvalue weighted by Gasteiger charge is -2.54.